The Morgan fingerprint density at radius 2 is 1.62 bits per heavy atom. The third kappa shape index (κ3) is 5.81. The van der Waals surface area contributed by atoms with Crippen molar-refractivity contribution in [1.82, 2.24) is 4.98 Å². The molecule has 3 aromatic carbocycles. The van der Waals surface area contributed by atoms with Gasteiger partial charge >= 0.3 is 0 Å². The second-order valence-electron chi connectivity index (χ2n) is 6.73. The van der Waals surface area contributed by atoms with Crippen molar-refractivity contribution in [3.05, 3.63) is 95.6 Å². The molecule has 2 N–H and O–H groups in total. The zero-order valence-corrected chi connectivity index (χ0v) is 18.4. The molecule has 1 aromatic heterocycles. The van der Waals surface area contributed by atoms with Gasteiger partial charge in [0.15, 0.2) is 5.13 Å². The minimum absolute atomic E-state index is 0.141. The van der Waals surface area contributed by atoms with Crippen LogP contribution >= 0.6 is 23.1 Å². The molecule has 0 saturated heterocycles. The molecule has 0 unspecified atom stereocenters. The lowest BCUT2D eigenvalue weighted by Crippen LogP contribution is -2.13. The van der Waals surface area contributed by atoms with E-state index in [4.69, 9.17) is 0 Å². The molecule has 0 atom stereocenters. The molecule has 0 spiro atoms. The van der Waals surface area contributed by atoms with Gasteiger partial charge in [0.25, 0.3) is 5.91 Å². The van der Waals surface area contributed by atoms with Crippen LogP contribution < -0.4 is 10.6 Å². The van der Waals surface area contributed by atoms with Gasteiger partial charge in [-0.3, -0.25) is 9.59 Å². The Balaban J connectivity index is 1.27. The predicted molar refractivity (Wildman–Crippen MR) is 128 cm³/mol. The maximum Gasteiger partial charge on any atom is 0.255 e. The maximum atomic E-state index is 13.0. The second kappa shape index (κ2) is 10.2. The van der Waals surface area contributed by atoms with E-state index in [1.54, 1.807) is 12.1 Å². The molecule has 0 bridgehead atoms. The number of hydrogen-bond donors (Lipinski definition) is 2. The molecule has 160 valence electrons. The van der Waals surface area contributed by atoms with Gasteiger partial charge < -0.3 is 10.6 Å². The van der Waals surface area contributed by atoms with Crippen LogP contribution in [0.15, 0.2) is 89.1 Å². The largest absolute Gasteiger partial charge is 0.322 e. The van der Waals surface area contributed by atoms with E-state index in [-0.39, 0.29) is 17.6 Å². The van der Waals surface area contributed by atoms with Crippen molar-refractivity contribution < 1.29 is 14.0 Å². The van der Waals surface area contributed by atoms with Gasteiger partial charge in [0.1, 0.15) is 5.82 Å². The number of nitrogens with zero attached hydrogens (tertiary/aromatic N) is 1. The highest BCUT2D eigenvalue weighted by atomic mass is 32.2. The average molecular weight is 464 g/mol. The molecule has 0 fully saturated rings. The first-order chi connectivity index (χ1) is 15.6. The van der Waals surface area contributed by atoms with E-state index in [0.717, 1.165) is 16.2 Å². The van der Waals surface area contributed by atoms with E-state index < -0.39 is 5.82 Å². The van der Waals surface area contributed by atoms with Crippen molar-refractivity contribution in [1.29, 1.82) is 0 Å². The summed E-state index contributed by atoms with van der Waals surface area (Å²) in [6.45, 7) is 0. The van der Waals surface area contributed by atoms with E-state index in [1.165, 1.54) is 47.4 Å². The number of nitrogens with one attached hydrogen (secondary N) is 2. The number of benzene rings is 3. The number of aromatic nitrogens is 1. The van der Waals surface area contributed by atoms with Crippen LogP contribution in [-0.2, 0) is 4.79 Å². The molecule has 2 amide bonds. The summed E-state index contributed by atoms with van der Waals surface area (Å²) in [6, 6.07) is 22.3. The summed E-state index contributed by atoms with van der Waals surface area (Å²) < 4.78 is 13.0. The Morgan fingerprint density at radius 3 is 2.34 bits per heavy atom. The van der Waals surface area contributed by atoms with Crippen molar-refractivity contribution in [2.45, 2.75) is 4.90 Å². The highest BCUT2D eigenvalue weighted by molar-refractivity contribution is 8.00. The topological polar surface area (TPSA) is 71.1 Å². The summed E-state index contributed by atoms with van der Waals surface area (Å²) in [5.41, 5.74) is 2.82. The fourth-order valence-electron chi connectivity index (χ4n) is 2.82. The standard InChI is InChI=1S/C24H18FN3O2S2/c25-18-8-6-17(7-9-18)23(30)26-19-10-12-20(13-11-19)31-15-22(29)28-24-27-21(14-32-24)16-4-2-1-3-5-16/h1-14H,15H2,(H,26,30)(H,27,28,29). The molecule has 0 aliphatic carbocycles. The van der Waals surface area contributed by atoms with Crippen LogP contribution in [0.2, 0.25) is 0 Å². The van der Waals surface area contributed by atoms with E-state index in [2.05, 4.69) is 15.6 Å². The van der Waals surface area contributed by atoms with Crippen LogP contribution in [0.5, 0.6) is 0 Å². The maximum absolute atomic E-state index is 13.0. The van der Waals surface area contributed by atoms with Crippen LogP contribution in [0.1, 0.15) is 10.4 Å². The van der Waals surface area contributed by atoms with Gasteiger partial charge in [-0.25, -0.2) is 9.37 Å². The van der Waals surface area contributed by atoms with Gasteiger partial charge in [0.05, 0.1) is 11.4 Å². The normalized spacial score (nSPS) is 10.5. The number of halogens is 1. The zero-order chi connectivity index (χ0) is 22.3. The summed E-state index contributed by atoms with van der Waals surface area (Å²) in [7, 11) is 0. The van der Waals surface area contributed by atoms with Crippen molar-refractivity contribution in [3.8, 4) is 11.3 Å². The molecular formula is C24H18FN3O2S2. The lowest BCUT2D eigenvalue weighted by molar-refractivity contribution is -0.113. The van der Waals surface area contributed by atoms with Crippen molar-refractivity contribution in [2.75, 3.05) is 16.4 Å². The molecule has 0 aliphatic heterocycles. The lowest BCUT2D eigenvalue weighted by Gasteiger charge is -2.07. The smallest absolute Gasteiger partial charge is 0.255 e. The highest BCUT2D eigenvalue weighted by Crippen LogP contribution is 2.25. The van der Waals surface area contributed by atoms with Gasteiger partial charge in [-0.15, -0.1) is 23.1 Å². The van der Waals surface area contributed by atoms with Gasteiger partial charge in [-0.2, -0.15) is 0 Å². The Morgan fingerprint density at radius 1 is 0.906 bits per heavy atom. The van der Waals surface area contributed by atoms with Crippen LogP contribution in [-0.4, -0.2) is 22.6 Å². The average Bonchev–Trinajstić information content (AvgIpc) is 3.28. The number of carbonyl (C=O) groups is 2. The number of carbonyl (C=O) groups excluding carboxylic acids is 2. The van der Waals surface area contributed by atoms with E-state index in [9.17, 15) is 14.0 Å². The quantitative estimate of drug-likeness (QED) is 0.333. The zero-order valence-electron chi connectivity index (χ0n) is 16.7. The molecule has 0 radical (unpaired) electrons. The minimum Gasteiger partial charge on any atom is -0.322 e. The van der Waals surface area contributed by atoms with Crippen LogP contribution in [0.25, 0.3) is 11.3 Å². The molecule has 32 heavy (non-hydrogen) atoms. The summed E-state index contributed by atoms with van der Waals surface area (Å²) in [5.74, 6) is -0.610. The lowest BCUT2D eigenvalue weighted by atomic mass is 10.2. The molecule has 4 aromatic rings. The number of thiazole rings is 1. The number of thioether (sulfide) groups is 1. The Hall–Kier alpha value is -3.49. The third-order valence-corrected chi connectivity index (χ3v) is 6.18. The monoisotopic (exact) mass is 463 g/mol. The van der Waals surface area contributed by atoms with Gasteiger partial charge in [-0.05, 0) is 48.5 Å². The second-order valence-corrected chi connectivity index (χ2v) is 8.63. The van der Waals surface area contributed by atoms with E-state index in [0.29, 0.717) is 16.4 Å². The minimum atomic E-state index is -0.390. The number of anilines is 2. The highest BCUT2D eigenvalue weighted by Gasteiger charge is 2.10. The van der Waals surface area contributed by atoms with Crippen molar-refractivity contribution in [2.24, 2.45) is 0 Å². The molecule has 1 heterocycles. The summed E-state index contributed by atoms with van der Waals surface area (Å²) in [4.78, 5) is 29.8. The fraction of sp³-hybridized carbons (Fsp3) is 0.0417. The van der Waals surface area contributed by atoms with Crippen LogP contribution in [0.3, 0.4) is 0 Å². The molecule has 8 heteroatoms. The number of amides is 2. The van der Waals surface area contributed by atoms with Crippen molar-refractivity contribution >= 4 is 45.7 Å². The first-order valence-electron chi connectivity index (χ1n) is 9.67. The Labute approximate surface area is 192 Å². The number of hydrogen-bond acceptors (Lipinski definition) is 5. The summed E-state index contributed by atoms with van der Waals surface area (Å²) in [6.07, 6.45) is 0. The van der Waals surface area contributed by atoms with E-state index >= 15 is 0 Å². The molecule has 0 saturated carbocycles. The molecular weight excluding hydrogens is 445 g/mol. The summed E-state index contributed by atoms with van der Waals surface area (Å²) in [5, 5.41) is 8.06. The molecule has 5 nitrogen and oxygen atoms in total. The van der Waals surface area contributed by atoms with Crippen LogP contribution in [0, 0.1) is 5.82 Å². The molecule has 0 aliphatic rings. The first-order valence-corrected chi connectivity index (χ1v) is 11.5. The Kier molecular flexibility index (Phi) is 6.94. The predicted octanol–water partition coefficient (Wildman–Crippen LogP) is 5.93. The third-order valence-electron chi connectivity index (χ3n) is 4.41. The SMILES string of the molecule is O=C(CSc1ccc(NC(=O)c2ccc(F)cc2)cc1)Nc1nc(-c2ccccc2)cs1. The van der Waals surface area contributed by atoms with Crippen molar-refractivity contribution in [3.63, 3.8) is 0 Å². The summed E-state index contributed by atoms with van der Waals surface area (Å²) >= 11 is 2.77. The van der Waals surface area contributed by atoms with Gasteiger partial charge in [-0.1, -0.05) is 30.3 Å². The van der Waals surface area contributed by atoms with E-state index in [1.807, 2.05) is 47.8 Å². The van der Waals surface area contributed by atoms with Gasteiger partial charge in [0, 0.05) is 27.1 Å². The van der Waals surface area contributed by atoms with Gasteiger partial charge in [0.2, 0.25) is 5.91 Å². The fourth-order valence-corrected chi connectivity index (χ4v) is 4.25. The molecule has 4 rings (SSSR count). The number of rotatable bonds is 7. The Bertz CT molecular complexity index is 1210. The van der Waals surface area contributed by atoms with Crippen LogP contribution in [0.4, 0.5) is 15.2 Å². The first kappa shape index (κ1) is 21.7.